The van der Waals surface area contributed by atoms with Gasteiger partial charge in [0.1, 0.15) is 11.0 Å². The molecule has 1 aliphatic rings. The van der Waals surface area contributed by atoms with Crippen molar-refractivity contribution in [3.8, 4) is 5.75 Å². The van der Waals surface area contributed by atoms with Crippen LogP contribution < -0.4 is 9.64 Å². The van der Waals surface area contributed by atoms with Crippen molar-refractivity contribution >= 4 is 37.3 Å². The summed E-state index contributed by atoms with van der Waals surface area (Å²) in [4.78, 5) is 24.9. The van der Waals surface area contributed by atoms with Crippen LogP contribution in [-0.4, -0.2) is 46.3 Å². The van der Waals surface area contributed by atoms with E-state index in [2.05, 4.69) is 4.74 Å². The lowest BCUT2D eigenvalue weighted by atomic mass is 10.1. The largest absolute Gasteiger partial charge is 0.495 e. The number of carbonyl (C=O) groups excluding carboxylic acids is 2. The Balaban J connectivity index is 2.43. The quantitative estimate of drug-likeness (QED) is 0.599. The fourth-order valence-corrected chi connectivity index (χ4v) is 3.27. The molecule has 9 heteroatoms. The summed E-state index contributed by atoms with van der Waals surface area (Å²) in [6, 6.07) is 4.42. The van der Waals surface area contributed by atoms with Crippen LogP contribution in [-0.2, 0) is 18.6 Å². The Kier molecular flexibility index (Phi) is 4.62. The van der Waals surface area contributed by atoms with Gasteiger partial charge in [-0.3, -0.25) is 4.79 Å². The summed E-state index contributed by atoms with van der Waals surface area (Å²) in [5, 5.41) is -0.992. The fourth-order valence-electron chi connectivity index (χ4n) is 2.24. The number of hydrogen-bond acceptors (Lipinski definition) is 6. The van der Waals surface area contributed by atoms with Gasteiger partial charge in [-0.05, 0) is 18.2 Å². The predicted molar refractivity (Wildman–Crippen MR) is 79.9 cm³/mol. The third-order valence-corrected chi connectivity index (χ3v) is 5.25. The molecule has 0 aromatic heterocycles. The van der Waals surface area contributed by atoms with Crippen LogP contribution in [0.5, 0.6) is 5.75 Å². The van der Waals surface area contributed by atoms with E-state index in [0.29, 0.717) is 11.4 Å². The summed E-state index contributed by atoms with van der Waals surface area (Å²) in [6.07, 6.45) is -0.211. The van der Waals surface area contributed by atoms with E-state index in [0.717, 1.165) is 0 Å². The highest BCUT2D eigenvalue weighted by molar-refractivity contribution is 8.14. The van der Waals surface area contributed by atoms with Crippen molar-refractivity contribution < 1.29 is 27.5 Å². The first-order valence-corrected chi connectivity index (χ1v) is 8.65. The van der Waals surface area contributed by atoms with Crippen LogP contribution in [0.3, 0.4) is 0 Å². The molecule has 0 bridgehead atoms. The molecule has 0 spiro atoms. The maximum absolute atomic E-state index is 12.1. The first-order valence-electron chi connectivity index (χ1n) is 6.28. The molecule has 0 radical (unpaired) electrons. The minimum atomic E-state index is -3.85. The van der Waals surface area contributed by atoms with Crippen molar-refractivity contribution in [1.29, 1.82) is 0 Å². The van der Waals surface area contributed by atoms with Crippen molar-refractivity contribution in [2.45, 2.75) is 11.7 Å². The average Bonchev–Trinajstić information content (AvgIpc) is 2.87. The van der Waals surface area contributed by atoms with Crippen LogP contribution in [0.4, 0.5) is 5.69 Å². The van der Waals surface area contributed by atoms with Gasteiger partial charge in [0, 0.05) is 23.6 Å². The third kappa shape index (κ3) is 3.17. The molecule has 1 aliphatic heterocycles. The lowest BCUT2D eigenvalue weighted by Crippen LogP contribution is -2.27. The zero-order valence-electron chi connectivity index (χ0n) is 11.9. The summed E-state index contributed by atoms with van der Waals surface area (Å²) >= 11 is 0. The molecule has 1 saturated heterocycles. The van der Waals surface area contributed by atoms with Gasteiger partial charge in [-0.25, -0.2) is 13.2 Å². The first-order chi connectivity index (χ1) is 10.3. The van der Waals surface area contributed by atoms with Crippen LogP contribution >= 0.6 is 10.7 Å². The third-order valence-electron chi connectivity index (χ3n) is 3.38. The van der Waals surface area contributed by atoms with Crippen molar-refractivity contribution in [2.75, 3.05) is 25.7 Å². The Hall–Kier alpha value is -1.80. The molecule has 1 amide bonds. The molecule has 1 fully saturated rings. The summed E-state index contributed by atoms with van der Waals surface area (Å²) < 4.78 is 32.6. The summed E-state index contributed by atoms with van der Waals surface area (Å²) in [7, 11) is 4.12. The number of halogens is 1. The Morgan fingerprint density at radius 2 is 2.05 bits per heavy atom. The molecule has 1 atom stereocenters. The van der Waals surface area contributed by atoms with E-state index in [9.17, 15) is 18.0 Å². The summed E-state index contributed by atoms with van der Waals surface area (Å²) in [5.74, 6) is -0.639. The second kappa shape index (κ2) is 6.13. The van der Waals surface area contributed by atoms with Crippen LogP contribution in [0.1, 0.15) is 16.8 Å². The minimum Gasteiger partial charge on any atom is -0.495 e. The monoisotopic (exact) mass is 347 g/mol. The molecule has 22 heavy (non-hydrogen) atoms. The number of nitrogens with zero attached hydrogens (tertiary/aromatic N) is 1. The van der Waals surface area contributed by atoms with E-state index >= 15 is 0 Å². The van der Waals surface area contributed by atoms with Gasteiger partial charge < -0.3 is 14.4 Å². The van der Waals surface area contributed by atoms with Gasteiger partial charge >= 0.3 is 5.97 Å². The number of benzene rings is 1. The van der Waals surface area contributed by atoms with E-state index in [1.165, 1.54) is 37.3 Å². The van der Waals surface area contributed by atoms with E-state index < -0.39 is 26.2 Å². The number of amides is 1. The standard InChI is InChI=1S/C13H14ClNO6S/c1-20-11-4-3-8(13(17)21-2)5-10(11)15-7-9(6-12(15)16)22(14,18)19/h3-5,9H,6-7H2,1-2H3. The Morgan fingerprint density at radius 3 is 2.55 bits per heavy atom. The number of carbonyl (C=O) groups is 2. The maximum atomic E-state index is 12.1. The number of hydrogen-bond donors (Lipinski definition) is 0. The topological polar surface area (TPSA) is 90.0 Å². The molecule has 0 N–H and O–H groups in total. The number of ether oxygens (including phenoxy) is 2. The average molecular weight is 348 g/mol. The Labute approximate surface area is 132 Å². The van der Waals surface area contributed by atoms with Gasteiger partial charge in [-0.1, -0.05) is 0 Å². The van der Waals surface area contributed by atoms with Crippen LogP contribution in [0.25, 0.3) is 0 Å². The van der Waals surface area contributed by atoms with Crippen molar-refractivity contribution in [2.24, 2.45) is 0 Å². The fraction of sp³-hybridized carbons (Fsp3) is 0.385. The lowest BCUT2D eigenvalue weighted by molar-refractivity contribution is -0.117. The molecular formula is C13H14ClNO6S. The molecule has 120 valence electrons. The normalized spacial score (nSPS) is 18.4. The van der Waals surface area contributed by atoms with Gasteiger partial charge in [0.2, 0.25) is 15.0 Å². The van der Waals surface area contributed by atoms with Gasteiger partial charge in [0.05, 0.1) is 25.5 Å². The summed E-state index contributed by atoms with van der Waals surface area (Å²) in [5.41, 5.74) is 0.529. The molecular weight excluding hydrogens is 334 g/mol. The van der Waals surface area contributed by atoms with Crippen molar-refractivity contribution in [3.05, 3.63) is 23.8 Å². The van der Waals surface area contributed by atoms with Gasteiger partial charge in [0.25, 0.3) is 0 Å². The van der Waals surface area contributed by atoms with Crippen LogP contribution in [0.2, 0.25) is 0 Å². The highest BCUT2D eigenvalue weighted by atomic mass is 35.7. The molecule has 1 heterocycles. The predicted octanol–water partition coefficient (Wildman–Crippen LogP) is 1.16. The Bertz CT molecular complexity index is 717. The molecule has 1 unspecified atom stereocenters. The van der Waals surface area contributed by atoms with E-state index in [4.69, 9.17) is 15.4 Å². The lowest BCUT2D eigenvalue weighted by Gasteiger charge is -2.20. The van der Waals surface area contributed by atoms with Gasteiger partial charge in [-0.2, -0.15) is 0 Å². The molecule has 2 rings (SSSR count). The summed E-state index contributed by atoms with van der Waals surface area (Å²) in [6.45, 7) is -0.0916. The Morgan fingerprint density at radius 1 is 1.36 bits per heavy atom. The molecule has 0 saturated carbocycles. The maximum Gasteiger partial charge on any atom is 0.337 e. The number of methoxy groups -OCH3 is 2. The molecule has 0 aliphatic carbocycles. The highest BCUT2D eigenvalue weighted by Gasteiger charge is 2.39. The van der Waals surface area contributed by atoms with Crippen molar-refractivity contribution in [1.82, 2.24) is 0 Å². The minimum absolute atomic E-state index is 0.0916. The second-order valence-electron chi connectivity index (χ2n) is 4.68. The van der Waals surface area contributed by atoms with E-state index in [1.807, 2.05) is 0 Å². The second-order valence-corrected chi connectivity index (χ2v) is 7.59. The van der Waals surface area contributed by atoms with Crippen LogP contribution in [0, 0.1) is 0 Å². The smallest absolute Gasteiger partial charge is 0.337 e. The zero-order valence-corrected chi connectivity index (χ0v) is 13.5. The number of rotatable bonds is 4. The molecule has 7 nitrogen and oxygen atoms in total. The van der Waals surface area contributed by atoms with Gasteiger partial charge in [0.15, 0.2) is 0 Å². The van der Waals surface area contributed by atoms with E-state index in [-0.39, 0.29) is 18.5 Å². The number of anilines is 1. The SMILES string of the molecule is COC(=O)c1ccc(OC)c(N2CC(S(=O)(=O)Cl)CC2=O)c1. The number of esters is 1. The highest BCUT2D eigenvalue weighted by Crippen LogP contribution is 2.34. The van der Waals surface area contributed by atoms with Gasteiger partial charge in [-0.15, -0.1) is 0 Å². The van der Waals surface area contributed by atoms with E-state index in [1.54, 1.807) is 0 Å². The molecule has 1 aromatic rings. The van der Waals surface area contributed by atoms with Crippen LogP contribution in [0.15, 0.2) is 18.2 Å². The molecule has 1 aromatic carbocycles. The zero-order chi connectivity index (χ0) is 16.5. The van der Waals surface area contributed by atoms with Crippen molar-refractivity contribution in [3.63, 3.8) is 0 Å². The first kappa shape index (κ1) is 16.6.